The summed E-state index contributed by atoms with van der Waals surface area (Å²) in [4.78, 5) is 20.2. The summed E-state index contributed by atoms with van der Waals surface area (Å²) >= 11 is 0. The molecule has 9 heteroatoms. The lowest BCUT2D eigenvalue weighted by Crippen LogP contribution is -2.22. The first-order valence-electron chi connectivity index (χ1n) is 6.10. The van der Waals surface area contributed by atoms with Gasteiger partial charge in [-0.05, 0) is 18.2 Å². The Bertz CT molecular complexity index is 808. The van der Waals surface area contributed by atoms with E-state index in [4.69, 9.17) is 0 Å². The summed E-state index contributed by atoms with van der Waals surface area (Å²) in [5.41, 5.74) is 0.273. The molecule has 7 nitrogen and oxygen atoms in total. The first kappa shape index (κ1) is 15.8. The molecular formula is C13H13FN4O3S. The summed E-state index contributed by atoms with van der Waals surface area (Å²) in [6.07, 6.45) is 3.21. The van der Waals surface area contributed by atoms with Gasteiger partial charge in [0, 0.05) is 32.1 Å². The summed E-state index contributed by atoms with van der Waals surface area (Å²) in [7, 11) is -0.890. The molecule has 1 N–H and O–H groups in total. The summed E-state index contributed by atoms with van der Waals surface area (Å²) < 4.78 is 39.5. The van der Waals surface area contributed by atoms with E-state index < -0.39 is 15.8 Å². The number of nitrogens with one attached hydrogen (secondary N) is 1. The van der Waals surface area contributed by atoms with Crippen molar-refractivity contribution < 1.29 is 17.6 Å². The van der Waals surface area contributed by atoms with E-state index >= 15 is 0 Å². The first-order chi connectivity index (χ1) is 10.3. The maximum Gasteiger partial charge on any atom is 0.264 e. The van der Waals surface area contributed by atoms with Gasteiger partial charge in [-0.15, -0.1) is 0 Å². The molecule has 2 rings (SSSR count). The molecule has 0 unspecified atom stereocenters. The molecule has 0 saturated carbocycles. The predicted molar refractivity (Wildman–Crippen MR) is 77.3 cm³/mol. The molecular weight excluding hydrogens is 311 g/mol. The van der Waals surface area contributed by atoms with Crippen molar-refractivity contribution in [2.75, 3.05) is 18.8 Å². The van der Waals surface area contributed by atoms with E-state index in [1.807, 2.05) is 0 Å². The average molecular weight is 324 g/mol. The molecule has 0 aromatic carbocycles. The minimum absolute atomic E-state index is 0.0445. The summed E-state index contributed by atoms with van der Waals surface area (Å²) in [6, 6.07) is 3.60. The van der Waals surface area contributed by atoms with Crippen molar-refractivity contribution in [3.8, 4) is 0 Å². The van der Waals surface area contributed by atoms with Crippen molar-refractivity contribution in [3.63, 3.8) is 0 Å². The minimum Gasteiger partial charge on any atom is -0.345 e. The van der Waals surface area contributed by atoms with Crippen LogP contribution in [0.15, 0.2) is 41.7 Å². The fourth-order valence-corrected chi connectivity index (χ4v) is 2.59. The molecule has 0 fully saturated rings. The van der Waals surface area contributed by atoms with Gasteiger partial charge in [0.05, 0.1) is 6.20 Å². The lowest BCUT2D eigenvalue weighted by Gasteiger charge is -2.11. The molecule has 1 amide bonds. The zero-order chi connectivity index (χ0) is 16.3. The van der Waals surface area contributed by atoms with Crippen LogP contribution in [-0.2, 0) is 10.0 Å². The van der Waals surface area contributed by atoms with Gasteiger partial charge in [-0.2, -0.15) is 0 Å². The highest BCUT2D eigenvalue weighted by molar-refractivity contribution is 7.92. The monoisotopic (exact) mass is 324 g/mol. The highest BCUT2D eigenvalue weighted by Gasteiger charge is 2.17. The van der Waals surface area contributed by atoms with Gasteiger partial charge in [0.2, 0.25) is 0 Å². The molecule has 2 aromatic heterocycles. The van der Waals surface area contributed by atoms with Crippen LogP contribution in [-0.4, -0.2) is 43.3 Å². The first-order valence-corrected chi connectivity index (χ1v) is 7.59. The number of pyridine rings is 2. The largest absolute Gasteiger partial charge is 0.345 e. The Morgan fingerprint density at radius 3 is 2.64 bits per heavy atom. The van der Waals surface area contributed by atoms with E-state index in [9.17, 15) is 17.6 Å². The van der Waals surface area contributed by atoms with Crippen molar-refractivity contribution in [2.24, 2.45) is 0 Å². The van der Waals surface area contributed by atoms with E-state index in [2.05, 4.69) is 14.7 Å². The van der Waals surface area contributed by atoms with Gasteiger partial charge in [0.15, 0.2) is 0 Å². The van der Waals surface area contributed by atoms with E-state index in [1.54, 1.807) is 14.1 Å². The highest BCUT2D eigenvalue weighted by Crippen LogP contribution is 2.15. The third-order valence-corrected chi connectivity index (χ3v) is 3.96. The number of carbonyl (C=O) groups excluding carboxylic acids is 1. The summed E-state index contributed by atoms with van der Waals surface area (Å²) in [5, 5.41) is 0. The second-order valence-electron chi connectivity index (χ2n) is 4.57. The Morgan fingerprint density at radius 2 is 2.00 bits per heavy atom. The maximum atomic E-state index is 13.1. The van der Waals surface area contributed by atoms with Crippen molar-refractivity contribution in [1.29, 1.82) is 0 Å². The van der Waals surface area contributed by atoms with E-state index in [-0.39, 0.29) is 22.2 Å². The molecule has 0 radical (unpaired) electrons. The predicted octanol–water partition coefficient (Wildman–Crippen LogP) is 1.12. The number of amides is 1. The maximum absolute atomic E-state index is 13.1. The smallest absolute Gasteiger partial charge is 0.264 e. The highest BCUT2D eigenvalue weighted by atomic mass is 32.2. The van der Waals surface area contributed by atoms with Crippen LogP contribution in [0.2, 0.25) is 0 Å². The Labute approximate surface area is 126 Å². The third-order valence-electron chi connectivity index (χ3n) is 2.64. The number of sulfonamides is 1. The van der Waals surface area contributed by atoms with Crippen molar-refractivity contribution in [1.82, 2.24) is 14.9 Å². The number of hydrogen-bond acceptors (Lipinski definition) is 5. The number of anilines is 1. The lowest BCUT2D eigenvalue weighted by molar-refractivity contribution is 0.0827. The van der Waals surface area contributed by atoms with Crippen LogP contribution < -0.4 is 4.72 Å². The van der Waals surface area contributed by atoms with Crippen LogP contribution in [0.25, 0.3) is 0 Å². The molecule has 0 aliphatic carbocycles. The molecule has 0 atom stereocenters. The second kappa shape index (κ2) is 6.06. The van der Waals surface area contributed by atoms with Crippen molar-refractivity contribution >= 4 is 21.7 Å². The quantitative estimate of drug-likeness (QED) is 0.910. The topological polar surface area (TPSA) is 92.3 Å². The standard InChI is InChI=1S/C13H13FN4O3S/c1-18(2)13(19)9-3-4-16-12(5-9)17-22(20,21)11-6-10(14)7-15-8-11/h3-8H,1-2H3,(H,16,17). The number of nitrogens with zero attached hydrogens (tertiary/aromatic N) is 3. The SMILES string of the molecule is CN(C)C(=O)c1ccnc(NS(=O)(=O)c2cncc(F)c2)c1. The number of carbonyl (C=O) groups is 1. The van der Waals surface area contributed by atoms with Crippen LogP contribution in [0.3, 0.4) is 0 Å². The number of halogens is 1. The van der Waals surface area contributed by atoms with Crippen LogP contribution in [0.4, 0.5) is 10.2 Å². The number of hydrogen-bond donors (Lipinski definition) is 1. The van der Waals surface area contributed by atoms with E-state index in [1.165, 1.54) is 23.2 Å². The molecule has 22 heavy (non-hydrogen) atoms. The normalized spacial score (nSPS) is 11.0. The Balaban J connectivity index is 2.31. The molecule has 0 saturated heterocycles. The Morgan fingerprint density at radius 1 is 1.27 bits per heavy atom. The lowest BCUT2D eigenvalue weighted by atomic mass is 10.2. The second-order valence-corrected chi connectivity index (χ2v) is 6.26. The molecule has 0 aliphatic rings. The zero-order valence-corrected chi connectivity index (χ0v) is 12.6. The molecule has 0 bridgehead atoms. The Hall–Kier alpha value is -2.55. The molecule has 0 spiro atoms. The average Bonchev–Trinajstić information content (AvgIpc) is 2.46. The van der Waals surface area contributed by atoms with Crippen LogP contribution >= 0.6 is 0 Å². The zero-order valence-electron chi connectivity index (χ0n) is 11.8. The number of rotatable bonds is 4. The molecule has 116 valence electrons. The van der Waals surface area contributed by atoms with Gasteiger partial charge in [-0.1, -0.05) is 0 Å². The summed E-state index contributed by atoms with van der Waals surface area (Å²) in [5.74, 6) is -1.11. The van der Waals surface area contributed by atoms with Gasteiger partial charge >= 0.3 is 0 Å². The third kappa shape index (κ3) is 3.55. The van der Waals surface area contributed by atoms with E-state index in [0.717, 1.165) is 18.5 Å². The van der Waals surface area contributed by atoms with Gasteiger partial charge in [-0.25, -0.2) is 17.8 Å². The number of aromatic nitrogens is 2. The van der Waals surface area contributed by atoms with E-state index in [0.29, 0.717) is 0 Å². The molecule has 2 heterocycles. The van der Waals surface area contributed by atoms with Crippen molar-refractivity contribution in [3.05, 3.63) is 48.2 Å². The fourth-order valence-electron chi connectivity index (χ4n) is 1.61. The van der Waals surface area contributed by atoms with Crippen LogP contribution in [0.1, 0.15) is 10.4 Å². The molecule has 2 aromatic rings. The van der Waals surface area contributed by atoms with Crippen LogP contribution in [0, 0.1) is 5.82 Å². The van der Waals surface area contributed by atoms with Crippen LogP contribution in [0.5, 0.6) is 0 Å². The van der Waals surface area contributed by atoms with Crippen molar-refractivity contribution in [2.45, 2.75) is 4.90 Å². The Kier molecular flexibility index (Phi) is 4.36. The van der Waals surface area contributed by atoms with Gasteiger partial charge in [0.1, 0.15) is 16.5 Å². The molecule has 0 aliphatic heterocycles. The summed E-state index contributed by atoms with van der Waals surface area (Å²) in [6.45, 7) is 0. The van der Waals surface area contributed by atoms with Gasteiger partial charge < -0.3 is 4.90 Å². The fraction of sp³-hybridized carbons (Fsp3) is 0.154. The minimum atomic E-state index is -4.04. The van der Waals surface area contributed by atoms with Gasteiger partial charge in [-0.3, -0.25) is 14.5 Å². The van der Waals surface area contributed by atoms with Gasteiger partial charge in [0.25, 0.3) is 15.9 Å².